The minimum Gasteiger partial charge on any atom is -0.460 e. The first-order chi connectivity index (χ1) is 12.3. The summed E-state index contributed by atoms with van der Waals surface area (Å²) >= 11 is 0. The molecule has 0 aromatic heterocycles. The van der Waals surface area contributed by atoms with Gasteiger partial charge in [0.25, 0.3) is 11.8 Å². The predicted octanol–water partition coefficient (Wildman–Crippen LogP) is 2.38. The molecule has 1 fully saturated rings. The molecule has 3 rings (SSSR count). The van der Waals surface area contributed by atoms with Crippen molar-refractivity contribution in [2.75, 3.05) is 13.1 Å². The number of benzene rings is 1. The Kier molecular flexibility index (Phi) is 5.14. The maximum Gasteiger partial charge on any atom is 0.309 e. The fourth-order valence-corrected chi connectivity index (χ4v) is 3.59. The third-order valence-corrected chi connectivity index (χ3v) is 4.82. The van der Waals surface area contributed by atoms with Gasteiger partial charge in [-0.25, -0.2) is 0 Å². The Morgan fingerprint density at radius 1 is 1.15 bits per heavy atom. The standard InChI is InChI=1S/C20H26N2O4/c1-20(2,3)26-19(25)13-8-9-14(12-13)21-10-11-22-17(23)15-6-4-5-7-16(15)18(22)24/h4-7,13-14,21H,8-12H2,1-3H3. The van der Waals surface area contributed by atoms with Gasteiger partial charge in [0.1, 0.15) is 5.60 Å². The van der Waals surface area contributed by atoms with E-state index in [4.69, 9.17) is 4.74 Å². The van der Waals surface area contributed by atoms with Gasteiger partial charge in [0.15, 0.2) is 0 Å². The molecule has 1 heterocycles. The summed E-state index contributed by atoms with van der Waals surface area (Å²) in [6.45, 7) is 6.48. The van der Waals surface area contributed by atoms with Gasteiger partial charge >= 0.3 is 5.97 Å². The van der Waals surface area contributed by atoms with E-state index in [0.29, 0.717) is 24.2 Å². The molecule has 2 atom stereocenters. The van der Waals surface area contributed by atoms with Gasteiger partial charge in [-0.3, -0.25) is 19.3 Å². The van der Waals surface area contributed by atoms with E-state index in [0.717, 1.165) is 19.3 Å². The smallest absolute Gasteiger partial charge is 0.309 e. The molecule has 0 spiro atoms. The largest absolute Gasteiger partial charge is 0.460 e. The molecule has 1 aliphatic carbocycles. The van der Waals surface area contributed by atoms with E-state index in [-0.39, 0.29) is 29.7 Å². The molecule has 6 nitrogen and oxygen atoms in total. The third kappa shape index (κ3) is 3.96. The van der Waals surface area contributed by atoms with Crippen LogP contribution in [0.5, 0.6) is 0 Å². The molecule has 1 N–H and O–H groups in total. The number of imide groups is 1. The molecule has 2 amide bonds. The van der Waals surface area contributed by atoms with Crippen LogP contribution in [-0.4, -0.2) is 47.4 Å². The van der Waals surface area contributed by atoms with Crippen molar-refractivity contribution < 1.29 is 19.1 Å². The summed E-state index contributed by atoms with van der Waals surface area (Å²) in [5, 5.41) is 3.37. The number of hydrogen-bond acceptors (Lipinski definition) is 5. The summed E-state index contributed by atoms with van der Waals surface area (Å²) < 4.78 is 5.46. The van der Waals surface area contributed by atoms with Crippen molar-refractivity contribution >= 4 is 17.8 Å². The highest BCUT2D eigenvalue weighted by Crippen LogP contribution is 2.28. The number of ether oxygens (including phenoxy) is 1. The first-order valence-corrected chi connectivity index (χ1v) is 9.18. The van der Waals surface area contributed by atoms with E-state index in [1.807, 2.05) is 20.8 Å². The van der Waals surface area contributed by atoms with Crippen molar-refractivity contribution in [3.8, 4) is 0 Å². The quantitative estimate of drug-likeness (QED) is 0.646. The minimum absolute atomic E-state index is 0.0777. The molecular weight excluding hydrogens is 332 g/mol. The van der Waals surface area contributed by atoms with Crippen molar-refractivity contribution in [3.63, 3.8) is 0 Å². The number of carbonyl (C=O) groups is 3. The van der Waals surface area contributed by atoms with Crippen molar-refractivity contribution in [2.45, 2.75) is 51.7 Å². The number of fused-ring (bicyclic) bond motifs is 1. The van der Waals surface area contributed by atoms with Gasteiger partial charge in [0.05, 0.1) is 17.0 Å². The average Bonchev–Trinajstić information content (AvgIpc) is 3.13. The zero-order chi connectivity index (χ0) is 18.9. The van der Waals surface area contributed by atoms with Gasteiger partial charge in [-0.2, -0.15) is 0 Å². The zero-order valence-corrected chi connectivity index (χ0v) is 15.6. The predicted molar refractivity (Wildman–Crippen MR) is 96.8 cm³/mol. The van der Waals surface area contributed by atoms with Gasteiger partial charge in [0.2, 0.25) is 0 Å². The van der Waals surface area contributed by atoms with Crippen LogP contribution in [0, 0.1) is 5.92 Å². The Morgan fingerprint density at radius 3 is 2.35 bits per heavy atom. The first-order valence-electron chi connectivity index (χ1n) is 9.18. The maximum absolute atomic E-state index is 12.3. The lowest BCUT2D eigenvalue weighted by Gasteiger charge is -2.22. The lowest BCUT2D eigenvalue weighted by Crippen LogP contribution is -2.39. The molecule has 2 unspecified atom stereocenters. The van der Waals surface area contributed by atoms with E-state index in [9.17, 15) is 14.4 Å². The van der Waals surface area contributed by atoms with E-state index in [1.165, 1.54) is 4.90 Å². The second-order valence-electron chi connectivity index (χ2n) is 8.00. The third-order valence-electron chi connectivity index (χ3n) is 4.82. The first kappa shape index (κ1) is 18.6. The molecule has 2 aliphatic rings. The number of carbonyl (C=O) groups excluding carboxylic acids is 3. The van der Waals surface area contributed by atoms with Crippen LogP contribution in [0.1, 0.15) is 60.7 Å². The Labute approximate surface area is 153 Å². The number of nitrogens with one attached hydrogen (secondary N) is 1. The van der Waals surface area contributed by atoms with Gasteiger partial charge in [-0.05, 0) is 52.2 Å². The van der Waals surface area contributed by atoms with E-state index >= 15 is 0 Å². The Hall–Kier alpha value is -2.21. The highest BCUT2D eigenvalue weighted by Gasteiger charge is 2.36. The molecule has 0 radical (unpaired) electrons. The number of rotatable bonds is 5. The summed E-state index contributed by atoms with van der Waals surface area (Å²) in [5.74, 6) is -0.677. The molecule has 1 aliphatic heterocycles. The number of nitrogens with zero attached hydrogens (tertiary/aromatic N) is 1. The normalized spacial score (nSPS) is 22.7. The monoisotopic (exact) mass is 358 g/mol. The van der Waals surface area contributed by atoms with Crippen LogP contribution in [0.2, 0.25) is 0 Å². The molecule has 1 aromatic carbocycles. The van der Waals surface area contributed by atoms with E-state index < -0.39 is 5.60 Å². The van der Waals surface area contributed by atoms with Gasteiger partial charge in [-0.15, -0.1) is 0 Å². The van der Waals surface area contributed by atoms with Gasteiger partial charge in [-0.1, -0.05) is 12.1 Å². The molecule has 1 aromatic rings. The second-order valence-corrected chi connectivity index (χ2v) is 8.00. The molecule has 0 bridgehead atoms. The number of hydrogen-bond donors (Lipinski definition) is 1. The molecule has 26 heavy (non-hydrogen) atoms. The SMILES string of the molecule is CC(C)(C)OC(=O)C1CCC(NCCN2C(=O)c3ccccc3C2=O)C1. The molecule has 1 saturated carbocycles. The van der Waals surface area contributed by atoms with Crippen LogP contribution < -0.4 is 5.32 Å². The van der Waals surface area contributed by atoms with E-state index in [2.05, 4.69) is 5.32 Å². The molecule has 0 saturated heterocycles. The van der Waals surface area contributed by atoms with Crippen LogP contribution in [0.25, 0.3) is 0 Å². The van der Waals surface area contributed by atoms with Crippen molar-refractivity contribution in [1.29, 1.82) is 0 Å². The lowest BCUT2D eigenvalue weighted by molar-refractivity contribution is -0.159. The number of esters is 1. The fraction of sp³-hybridized carbons (Fsp3) is 0.550. The second kappa shape index (κ2) is 7.19. The molecule has 6 heteroatoms. The van der Waals surface area contributed by atoms with Crippen LogP contribution >= 0.6 is 0 Å². The highest BCUT2D eigenvalue weighted by atomic mass is 16.6. The summed E-state index contributed by atoms with van der Waals surface area (Å²) in [5.41, 5.74) is 0.486. The highest BCUT2D eigenvalue weighted by molar-refractivity contribution is 6.21. The fourth-order valence-electron chi connectivity index (χ4n) is 3.59. The van der Waals surface area contributed by atoms with Gasteiger partial charge < -0.3 is 10.1 Å². The topological polar surface area (TPSA) is 75.7 Å². The summed E-state index contributed by atoms with van der Waals surface area (Å²) in [4.78, 5) is 38.1. The van der Waals surface area contributed by atoms with Crippen LogP contribution in [0.4, 0.5) is 0 Å². The Bertz CT molecular complexity index is 688. The van der Waals surface area contributed by atoms with Crippen molar-refractivity contribution in [3.05, 3.63) is 35.4 Å². The maximum atomic E-state index is 12.3. The van der Waals surface area contributed by atoms with Gasteiger partial charge in [0, 0.05) is 19.1 Å². The summed E-state index contributed by atoms with van der Waals surface area (Å²) in [7, 11) is 0. The lowest BCUT2D eigenvalue weighted by atomic mass is 10.1. The van der Waals surface area contributed by atoms with Crippen LogP contribution in [0.15, 0.2) is 24.3 Å². The zero-order valence-electron chi connectivity index (χ0n) is 15.6. The summed E-state index contributed by atoms with van der Waals surface area (Å²) in [6.07, 6.45) is 2.43. The number of amides is 2. The molecule has 140 valence electrons. The van der Waals surface area contributed by atoms with Crippen LogP contribution in [-0.2, 0) is 9.53 Å². The summed E-state index contributed by atoms with van der Waals surface area (Å²) in [6, 6.07) is 7.11. The molecular formula is C20H26N2O4. The van der Waals surface area contributed by atoms with E-state index in [1.54, 1.807) is 24.3 Å². The Balaban J connectivity index is 1.46. The van der Waals surface area contributed by atoms with Crippen LogP contribution in [0.3, 0.4) is 0 Å². The van der Waals surface area contributed by atoms with Crippen molar-refractivity contribution in [2.24, 2.45) is 5.92 Å². The Morgan fingerprint density at radius 2 is 1.77 bits per heavy atom. The average molecular weight is 358 g/mol. The van der Waals surface area contributed by atoms with Crippen molar-refractivity contribution in [1.82, 2.24) is 10.2 Å². The minimum atomic E-state index is -0.464.